The number of benzene rings is 1. The molecule has 18 heavy (non-hydrogen) atoms. The summed E-state index contributed by atoms with van der Waals surface area (Å²) < 4.78 is 0. The summed E-state index contributed by atoms with van der Waals surface area (Å²) in [6.07, 6.45) is 0. The fourth-order valence-corrected chi connectivity index (χ4v) is 2.15. The molecule has 0 bridgehead atoms. The smallest absolute Gasteiger partial charge is 0.321 e. The van der Waals surface area contributed by atoms with E-state index in [1.54, 1.807) is 13.0 Å². The first-order valence-corrected chi connectivity index (χ1v) is 6.58. The number of imide groups is 1. The van der Waals surface area contributed by atoms with Gasteiger partial charge in [-0.15, -0.1) is 11.8 Å². The molecule has 0 saturated heterocycles. The number of carbonyl (C=O) groups excluding carboxylic acids is 2. The topological polar surface area (TPSA) is 84.2 Å². The largest absolute Gasteiger partial charge is 0.399 e. The average molecular weight is 267 g/mol. The minimum atomic E-state index is -0.461. The van der Waals surface area contributed by atoms with E-state index in [1.807, 2.05) is 19.1 Å². The number of aryl methyl sites for hydroxylation is 1. The van der Waals surface area contributed by atoms with Crippen molar-refractivity contribution in [2.75, 3.05) is 18.0 Å². The summed E-state index contributed by atoms with van der Waals surface area (Å²) in [5, 5.41) is 4.74. The second kappa shape index (κ2) is 6.90. The van der Waals surface area contributed by atoms with E-state index < -0.39 is 6.03 Å². The van der Waals surface area contributed by atoms with Gasteiger partial charge in [-0.3, -0.25) is 10.1 Å². The quantitative estimate of drug-likeness (QED) is 0.570. The highest BCUT2D eigenvalue weighted by Gasteiger charge is 2.08. The Morgan fingerprint density at radius 2 is 2.11 bits per heavy atom. The van der Waals surface area contributed by atoms with Gasteiger partial charge in [0.15, 0.2) is 0 Å². The fourth-order valence-electron chi connectivity index (χ4n) is 1.35. The molecule has 6 heteroatoms. The van der Waals surface area contributed by atoms with Crippen molar-refractivity contribution in [3.05, 3.63) is 23.8 Å². The van der Waals surface area contributed by atoms with Crippen molar-refractivity contribution in [1.29, 1.82) is 0 Å². The van der Waals surface area contributed by atoms with Crippen LogP contribution in [0.25, 0.3) is 0 Å². The predicted molar refractivity (Wildman–Crippen MR) is 73.5 cm³/mol. The van der Waals surface area contributed by atoms with E-state index in [2.05, 4.69) is 10.6 Å². The molecule has 0 atom stereocenters. The minimum absolute atomic E-state index is 0.196. The number of thioether (sulfide) groups is 1. The van der Waals surface area contributed by atoms with Gasteiger partial charge in [-0.05, 0) is 37.6 Å². The third-order valence-electron chi connectivity index (χ3n) is 2.15. The van der Waals surface area contributed by atoms with Crippen LogP contribution in [0.2, 0.25) is 0 Å². The molecule has 98 valence electrons. The van der Waals surface area contributed by atoms with Crippen molar-refractivity contribution in [2.24, 2.45) is 0 Å². The second-order valence-electron chi connectivity index (χ2n) is 3.72. The van der Waals surface area contributed by atoms with Crippen LogP contribution < -0.4 is 16.4 Å². The molecule has 0 fully saturated rings. The zero-order chi connectivity index (χ0) is 13.5. The molecule has 0 aliphatic heterocycles. The van der Waals surface area contributed by atoms with E-state index in [4.69, 9.17) is 5.73 Å². The number of amides is 3. The summed E-state index contributed by atoms with van der Waals surface area (Å²) in [6.45, 7) is 4.21. The van der Waals surface area contributed by atoms with E-state index in [9.17, 15) is 9.59 Å². The molecule has 0 radical (unpaired) electrons. The first kappa shape index (κ1) is 14.4. The van der Waals surface area contributed by atoms with Crippen LogP contribution in [-0.4, -0.2) is 24.2 Å². The monoisotopic (exact) mass is 267 g/mol. The predicted octanol–water partition coefficient (Wildman–Crippen LogP) is 1.52. The summed E-state index contributed by atoms with van der Waals surface area (Å²) in [6, 6.07) is 5.05. The molecule has 4 N–H and O–H groups in total. The third-order valence-corrected chi connectivity index (χ3v) is 3.32. The van der Waals surface area contributed by atoms with Gasteiger partial charge < -0.3 is 11.1 Å². The van der Waals surface area contributed by atoms with Gasteiger partial charge in [-0.25, -0.2) is 4.79 Å². The van der Waals surface area contributed by atoms with E-state index in [0.717, 1.165) is 10.5 Å². The Morgan fingerprint density at radius 3 is 2.72 bits per heavy atom. The maximum atomic E-state index is 11.5. The number of nitrogens with one attached hydrogen (secondary N) is 2. The van der Waals surface area contributed by atoms with Crippen LogP contribution in [-0.2, 0) is 4.79 Å². The number of nitrogen functional groups attached to an aromatic ring is 1. The lowest BCUT2D eigenvalue weighted by molar-refractivity contribution is -0.117. The molecule has 1 rings (SSSR count). The molecule has 3 amide bonds. The van der Waals surface area contributed by atoms with Gasteiger partial charge in [0.1, 0.15) is 0 Å². The highest BCUT2D eigenvalue weighted by atomic mass is 32.2. The Kier molecular flexibility index (Phi) is 5.51. The van der Waals surface area contributed by atoms with Gasteiger partial charge in [-0.2, -0.15) is 0 Å². The maximum absolute atomic E-state index is 11.5. The SMILES string of the molecule is CCNC(=O)NC(=O)CSc1ccc(N)cc1C. The third kappa shape index (κ3) is 4.67. The lowest BCUT2D eigenvalue weighted by atomic mass is 10.2. The van der Waals surface area contributed by atoms with Crippen molar-refractivity contribution in [3.63, 3.8) is 0 Å². The van der Waals surface area contributed by atoms with Crippen molar-refractivity contribution in [2.45, 2.75) is 18.7 Å². The van der Waals surface area contributed by atoms with Crippen LogP contribution >= 0.6 is 11.8 Å². The van der Waals surface area contributed by atoms with Crippen molar-refractivity contribution >= 4 is 29.4 Å². The van der Waals surface area contributed by atoms with Gasteiger partial charge in [-0.1, -0.05) is 0 Å². The zero-order valence-corrected chi connectivity index (χ0v) is 11.3. The summed E-state index contributed by atoms with van der Waals surface area (Å²) >= 11 is 1.38. The highest BCUT2D eigenvalue weighted by molar-refractivity contribution is 8.00. The van der Waals surface area contributed by atoms with Gasteiger partial charge in [0.2, 0.25) is 5.91 Å². The molecule has 0 saturated carbocycles. The standard InChI is InChI=1S/C12H17N3O2S/c1-3-14-12(17)15-11(16)7-18-10-5-4-9(13)6-8(10)2/h4-6H,3,7,13H2,1-2H3,(H2,14,15,16,17). The Labute approximate surface area is 111 Å². The minimum Gasteiger partial charge on any atom is -0.399 e. The Morgan fingerprint density at radius 1 is 1.39 bits per heavy atom. The van der Waals surface area contributed by atoms with E-state index in [0.29, 0.717) is 12.2 Å². The van der Waals surface area contributed by atoms with Crippen LogP contribution in [0.4, 0.5) is 10.5 Å². The average Bonchev–Trinajstić information content (AvgIpc) is 2.28. The number of nitrogens with two attached hydrogens (primary N) is 1. The van der Waals surface area contributed by atoms with Gasteiger partial charge in [0.05, 0.1) is 5.75 Å². The summed E-state index contributed by atoms with van der Waals surface area (Å²) in [7, 11) is 0. The summed E-state index contributed by atoms with van der Waals surface area (Å²) in [5.74, 6) is -0.121. The molecule has 0 aromatic heterocycles. The van der Waals surface area contributed by atoms with Crippen molar-refractivity contribution in [3.8, 4) is 0 Å². The molecular formula is C12H17N3O2S. The number of anilines is 1. The van der Waals surface area contributed by atoms with Crippen LogP contribution in [0.5, 0.6) is 0 Å². The maximum Gasteiger partial charge on any atom is 0.321 e. The molecule has 0 spiro atoms. The molecular weight excluding hydrogens is 250 g/mol. The van der Waals surface area contributed by atoms with Gasteiger partial charge in [0.25, 0.3) is 0 Å². The number of carbonyl (C=O) groups is 2. The number of urea groups is 1. The van der Waals surface area contributed by atoms with Gasteiger partial charge >= 0.3 is 6.03 Å². The molecule has 0 aliphatic rings. The second-order valence-corrected chi connectivity index (χ2v) is 4.74. The van der Waals surface area contributed by atoms with Crippen molar-refractivity contribution in [1.82, 2.24) is 10.6 Å². The summed E-state index contributed by atoms with van der Waals surface area (Å²) in [4.78, 5) is 23.6. The van der Waals surface area contributed by atoms with Crippen LogP contribution in [0.3, 0.4) is 0 Å². The molecule has 0 aliphatic carbocycles. The lowest BCUT2D eigenvalue weighted by Crippen LogP contribution is -2.40. The van der Waals surface area contributed by atoms with Gasteiger partial charge in [0, 0.05) is 17.1 Å². The molecule has 1 aromatic carbocycles. The number of rotatable bonds is 4. The Balaban J connectivity index is 2.45. The first-order chi connectivity index (χ1) is 8.52. The normalized spacial score (nSPS) is 9.89. The Bertz CT molecular complexity index is 449. The molecule has 0 heterocycles. The number of hydrogen-bond donors (Lipinski definition) is 3. The van der Waals surface area contributed by atoms with Crippen molar-refractivity contribution < 1.29 is 9.59 Å². The first-order valence-electron chi connectivity index (χ1n) is 5.59. The lowest BCUT2D eigenvalue weighted by Gasteiger charge is -2.07. The Hall–Kier alpha value is -1.69. The molecule has 0 unspecified atom stereocenters. The van der Waals surface area contributed by atoms with E-state index >= 15 is 0 Å². The van der Waals surface area contributed by atoms with E-state index in [1.165, 1.54) is 11.8 Å². The van der Waals surface area contributed by atoms with Crippen LogP contribution in [0, 0.1) is 6.92 Å². The number of hydrogen-bond acceptors (Lipinski definition) is 4. The molecule has 1 aromatic rings. The summed E-state index contributed by atoms with van der Waals surface area (Å²) in [5.41, 5.74) is 7.36. The fraction of sp³-hybridized carbons (Fsp3) is 0.333. The van der Waals surface area contributed by atoms with Crippen LogP contribution in [0.1, 0.15) is 12.5 Å². The highest BCUT2D eigenvalue weighted by Crippen LogP contribution is 2.23. The molecule has 5 nitrogen and oxygen atoms in total. The zero-order valence-electron chi connectivity index (χ0n) is 10.4. The van der Waals surface area contributed by atoms with E-state index in [-0.39, 0.29) is 11.7 Å². The van der Waals surface area contributed by atoms with Crippen LogP contribution in [0.15, 0.2) is 23.1 Å².